The summed E-state index contributed by atoms with van der Waals surface area (Å²) in [6.07, 6.45) is 1.47. The summed E-state index contributed by atoms with van der Waals surface area (Å²) in [6.45, 7) is 4.59. The number of pyridine rings is 1. The standard InChI is InChI=1S/C13H20N4O2/c1-9(2)6-16-12(18)8-17-13(19)10-4-5-11(14-3)15-7-10/h4-5,7,9H,6,8H2,1-3H3,(H,14,15)(H,16,18)(H,17,19). The predicted molar refractivity (Wildman–Crippen MR) is 74.0 cm³/mol. The number of hydrogen-bond acceptors (Lipinski definition) is 4. The lowest BCUT2D eigenvalue weighted by molar-refractivity contribution is -0.120. The molecule has 0 saturated carbocycles. The van der Waals surface area contributed by atoms with Crippen LogP contribution < -0.4 is 16.0 Å². The highest BCUT2D eigenvalue weighted by Crippen LogP contribution is 2.03. The molecule has 3 N–H and O–H groups in total. The third-order valence-electron chi connectivity index (χ3n) is 2.40. The van der Waals surface area contributed by atoms with E-state index in [2.05, 4.69) is 20.9 Å². The van der Waals surface area contributed by atoms with E-state index in [4.69, 9.17) is 0 Å². The first-order valence-electron chi connectivity index (χ1n) is 6.21. The molecule has 0 saturated heterocycles. The predicted octanol–water partition coefficient (Wildman–Crippen LogP) is 0.625. The van der Waals surface area contributed by atoms with Crippen LogP contribution in [0.5, 0.6) is 0 Å². The lowest BCUT2D eigenvalue weighted by atomic mass is 10.2. The fourth-order valence-electron chi connectivity index (χ4n) is 1.32. The largest absolute Gasteiger partial charge is 0.373 e. The van der Waals surface area contributed by atoms with E-state index in [9.17, 15) is 9.59 Å². The van der Waals surface area contributed by atoms with Gasteiger partial charge in [-0.1, -0.05) is 13.8 Å². The summed E-state index contributed by atoms with van der Waals surface area (Å²) < 4.78 is 0. The molecule has 1 rings (SSSR count). The minimum absolute atomic E-state index is 0.0284. The molecular weight excluding hydrogens is 244 g/mol. The summed E-state index contributed by atoms with van der Waals surface area (Å²) in [5, 5.41) is 8.14. The van der Waals surface area contributed by atoms with E-state index in [1.807, 2.05) is 13.8 Å². The van der Waals surface area contributed by atoms with Gasteiger partial charge in [0.2, 0.25) is 5.91 Å². The third kappa shape index (κ3) is 5.37. The fraction of sp³-hybridized carbons (Fsp3) is 0.462. The second-order valence-corrected chi connectivity index (χ2v) is 4.56. The smallest absolute Gasteiger partial charge is 0.253 e. The Balaban J connectivity index is 2.40. The Hall–Kier alpha value is -2.11. The zero-order chi connectivity index (χ0) is 14.3. The number of carbonyl (C=O) groups excluding carboxylic acids is 2. The van der Waals surface area contributed by atoms with E-state index in [0.29, 0.717) is 23.8 Å². The van der Waals surface area contributed by atoms with Crippen molar-refractivity contribution >= 4 is 17.6 Å². The maximum absolute atomic E-state index is 11.7. The number of nitrogens with one attached hydrogen (secondary N) is 3. The van der Waals surface area contributed by atoms with Crippen LogP contribution in [0.2, 0.25) is 0 Å². The van der Waals surface area contributed by atoms with Gasteiger partial charge in [0, 0.05) is 19.8 Å². The molecule has 6 heteroatoms. The van der Waals surface area contributed by atoms with Crippen LogP contribution >= 0.6 is 0 Å². The van der Waals surface area contributed by atoms with Gasteiger partial charge in [-0.3, -0.25) is 9.59 Å². The quantitative estimate of drug-likeness (QED) is 0.703. The minimum atomic E-state index is -0.310. The topological polar surface area (TPSA) is 83.1 Å². The Morgan fingerprint density at radius 1 is 1.26 bits per heavy atom. The summed E-state index contributed by atoms with van der Waals surface area (Å²) in [7, 11) is 1.75. The van der Waals surface area contributed by atoms with Crippen molar-refractivity contribution in [3.63, 3.8) is 0 Å². The fourth-order valence-corrected chi connectivity index (χ4v) is 1.32. The maximum Gasteiger partial charge on any atom is 0.253 e. The molecule has 0 radical (unpaired) electrons. The van der Waals surface area contributed by atoms with Crippen molar-refractivity contribution in [2.75, 3.05) is 25.5 Å². The SMILES string of the molecule is CNc1ccc(C(=O)NCC(=O)NCC(C)C)cn1. The molecule has 2 amide bonds. The van der Waals surface area contributed by atoms with Gasteiger partial charge in [-0.05, 0) is 18.1 Å². The molecule has 0 aliphatic rings. The van der Waals surface area contributed by atoms with Crippen molar-refractivity contribution in [2.24, 2.45) is 5.92 Å². The molecule has 0 atom stereocenters. The van der Waals surface area contributed by atoms with Crippen LogP contribution in [0.4, 0.5) is 5.82 Å². The summed E-state index contributed by atoms with van der Waals surface area (Å²) in [6, 6.07) is 3.36. The van der Waals surface area contributed by atoms with Crippen LogP contribution in [0.15, 0.2) is 18.3 Å². The van der Waals surface area contributed by atoms with Crippen LogP contribution in [-0.4, -0.2) is 36.9 Å². The van der Waals surface area contributed by atoms with Crippen LogP contribution in [0.3, 0.4) is 0 Å². The second-order valence-electron chi connectivity index (χ2n) is 4.56. The molecule has 0 aromatic carbocycles. The van der Waals surface area contributed by atoms with Crippen LogP contribution in [-0.2, 0) is 4.79 Å². The number of anilines is 1. The van der Waals surface area contributed by atoms with Crippen molar-refractivity contribution in [3.8, 4) is 0 Å². The average Bonchev–Trinajstić information content (AvgIpc) is 2.42. The minimum Gasteiger partial charge on any atom is -0.373 e. The molecule has 6 nitrogen and oxygen atoms in total. The molecule has 0 fully saturated rings. The van der Waals surface area contributed by atoms with Crippen LogP contribution in [0, 0.1) is 5.92 Å². The molecule has 0 spiro atoms. The highest BCUT2D eigenvalue weighted by molar-refractivity contribution is 5.96. The number of aromatic nitrogens is 1. The molecule has 1 aromatic rings. The molecule has 0 aliphatic heterocycles. The van der Waals surface area contributed by atoms with Gasteiger partial charge in [0.05, 0.1) is 12.1 Å². The van der Waals surface area contributed by atoms with Crippen molar-refractivity contribution < 1.29 is 9.59 Å². The van der Waals surface area contributed by atoms with Gasteiger partial charge in [0.15, 0.2) is 0 Å². The Kier molecular flexibility index (Phi) is 5.78. The van der Waals surface area contributed by atoms with E-state index >= 15 is 0 Å². The van der Waals surface area contributed by atoms with Gasteiger partial charge in [-0.15, -0.1) is 0 Å². The third-order valence-corrected chi connectivity index (χ3v) is 2.40. The van der Waals surface area contributed by atoms with Gasteiger partial charge in [-0.25, -0.2) is 4.98 Å². The first-order chi connectivity index (χ1) is 9.02. The molecule has 104 valence electrons. The van der Waals surface area contributed by atoms with E-state index in [1.165, 1.54) is 6.20 Å². The van der Waals surface area contributed by atoms with Gasteiger partial charge in [0.25, 0.3) is 5.91 Å². The van der Waals surface area contributed by atoms with Crippen molar-refractivity contribution in [2.45, 2.75) is 13.8 Å². The number of hydrogen-bond donors (Lipinski definition) is 3. The molecule has 19 heavy (non-hydrogen) atoms. The Bertz CT molecular complexity index is 429. The number of amides is 2. The van der Waals surface area contributed by atoms with Gasteiger partial charge < -0.3 is 16.0 Å². The number of rotatable bonds is 6. The van der Waals surface area contributed by atoms with Gasteiger partial charge in [-0.2, -0.15) is 0 Å². The Morgan fingerprint density at radius 3 is 2.53 bits per heavy atom. The lowest BCUT2D eigenvalue weighted by Crippen LogP contribution is -2.38. The zero-order valence-electron chi connectivity index (χ0n) is 11.5. The van der Waals surface area contributed by atoms with Crippen molar-refractivity contribution in [3.05, 3.63) is 23.9 Å². The molecule has 0 bridgehead atoms. The summed E-state index contributed by atoms with van der Waals surface area (Å²) in [5.74, 6) is 0.570. The summed E-state index contributed by atoms with van der Waals surface area (Å²) in [5.41, 5.74) is 0.427. The average molecular weight is 264 g/mol. The first kappa shape index (κ1) is 14.9. The monoisotopic (exact) mass is 264 g/mol. The Morgan fingerprint density at radius 2 is 2.00 bits per heavy atom. The Labute approximate surface area is 113 Å². The molecule has 1 heterocycles. The van der Waals surface area contributed by atoms with Crippen molar-refractivity contribution in [1.29, 1.82) is 0 Å². The van der Waals surface area contributed by atoms with Gasteiger partial charge in [0.1, 0.15) is 5.82 Å². The van der Waals surface area contributed by atoms with E-state index in [0.717, 1.165) is 0 Å². The number of nitrogens with zero attached hydrogens (tertiary/aromatic N) is 1. The van der Waals surface area contributed by atoms with Crippen LogP contribution in [0.1, 0.15) is 24.2 Å². The van der Waals surface area contributed by atoms with Crippen LogP contribution in [0.25, 0.3) is 0 Å². The highest BCUT2D eigenvalue weighted by Gasteiger charge is 2.08. The van der Waals surface area contributed by atoms with Gasteiger partial charge >= 0.3 is 0 Å². The molecular formula is C13H20N4O2. The van der Waals surface area contributed by atoms with E-state index in [-0.39, 0.29) is 18.4 Å². The summed E-state index contributed by atoms with van der Waals surface area (Å²) in [4.78, 5) is 27.2. The van der Waals surface area contributed by atoms with E-state index < -0.39 is 0 Å². The first-order valence-corrected chi connectivity index (χ1v) is 6.21. The van der Waals surface area contributed by atoms with E-state index in [1.54, 1.807) is 19.2 Å². The molecule has 0 aliphatic carbocycles. The maximum atomic E-state index is 11.7. The normalized spacial score (nSPS) is 10.1. The molecule has 1 aromatic heterocycles. The second kappa shape index (κ2) is 7.35. The summed E-state index contributed by atoms with van der Waals surface area (Å²) >= 11 is 0. The number of carbonyl (C=O) groups is 2. The zero-order valence-corrected chi connectivity index (χ0v) is 11.5. The lowest BCUT2D eigenvalue weighted by Gasteiger charge is -2.08. The highest BCUT2D eigenvalue weighted by atomic mass is 16.2. The van der Waals surface area contributed by atoms with Crippen molar-refractivity contribution in [1.82, 2.24) is 15.6 Å². The molecule has 0 unspecified atom stereocenters.